The topological polar surface area (TPSA) is 131 Å². The van der Waals surface area contributed by atoms with Crippen LogP contribution in [0.1, 0.15) is 33.1 Å². The van der Waals surface area contributed by atoms with Gasteiger partial charge in [0.25, 0.3) is 0 Å². The first kappa shape index (κ1) is 24.5. The number of carbonyl (C=O) groups excluding carboxylic acids is 3. The van der Waals surface area contributed by atoms with Crippen molar-refractivity contribution in [1.82, 2.24) is 4.90 Å². The standard InChI is InChI=1S/C26H29N5O3/c1-31(26(34)30-22-6-2-4-19(14-22)16-27)13-12-18-8-10-20(11-9-18)24(17-32)29-23-7-3-5-21(15-23)25(28)33/h2-11,14-15,17,24,29H,12-13,16,27H2,1H3,(H2,28,33)(H,30,34). The Balaban J connectivity index is 1.56. The van der Waals surface area contributed by atoms with Gasteiger partial charge in [0.05, 0.1) is 0 Å². The average Bonchev–Trinajstić information content (AvgIpc) is 2.86. The number of benzene rings is 3. The molecule has 34 heavy (non-hydrogen) atoms. The van der Waals surface area contributed by atoms with Crippen LogP contribution in [0.15, 0.2) is 72.8 Å². The third kappa shape index (κ3) is 6.66. The van der Waals surface area contributed by atoms with Crippen molar-refractivity contribution in [3.63, 3.8) is 0 Å². The van der Waals surface area contributed by atoms with Gasteiger partial charge in [-0.05, 0) is 53.4 Å². The highest BCUT2D eigenvalue weighted by Crippen LogP contribution is 2.20. The summed E-state index contributed by atoms with van der Waals surface area (Å²) in [5.41, 5.74) is 15.4. The Morgan fingerprint density at radius 2 is 1.68 bits per heavy atom. The molecule has 0 radical (unpaired) electrons. The third-order valence-corrected chi connectivity index (χ3v) is 5.44. The van der Waals surface area contributed by atoms with E-state index in [1.165, 1.54) is 0 Å². The average molecular weight is 460 g/mol. The number of nitrogens with zero attached hydrogens (tertiary/aromatic N) is 1. The minimum Gasteiger partial charge on any atom is -0.372 e. The lowest BCUT2D eigenvalue weighted by atomic mass is 10.0. The zero-order valence-electron chi connectivity index (χ0n) is 19.0. The smallest absolute Gasteiger partial charge is 0.321 e. The molecule has 0 bridgehead atoms. The van der Waals surface area contributed by atoms with Crippen molar-refractivity contribution in [3.05, 3.63) is 95.1 Å². The number of primary amides is 1. The fourth-order valence-electron chi connectivity index (χ4n) is 3.42. The van der Waals surface area contributed by atoms with Crippen molar-refractivity contribution in [1.29, 1.82) is 0 Å². The van der Waals surface area contributed by atoms with E-state index < -0.39 is 11.9 Å². The molecule has 0 aliphatic carbocycles. The summed E-state index contributed by atoms with van der Waals surface area (Å²) < 4.78 is 0. The molecule has 0 fully saturated rings. The summed E-state index contributed by atoms with van der Waals surface area (Å²) in [7, 11) is 1.74. The lowest BCUT2D eigenvalue weighted by Crippen LogP contribution is -2.33. The van der Waals surface area contributed by atoms with Gasteiger partial charge in [0.1, 0.15) is 12.3 Å². The zero-order chi connectivity index (χ0) is 24.5. The number of amides is 3. The molecule has 8 nitrogen and oxygen atoms in total. The first-order valence-electron chi connectivity index (χ1n) is 10.9. The van der Waals surface area contributed by atoms with E-state index in [1.54, 1.807) is 36.2 Å². The van der Waals surface area contributed by atoms with Crippen molar-refractivity contribution in [2.24, 2.45) is 11.5 Å². The maximum atomic E-state index is 12.5. The fourth-order valence-corrected chi connectivity index (χ4v) is 3.42. The number of anilines is 2. The van der Waals surface area contributed by atoms with Gasteiger partial charge in [0, 0.05) is 37.1 Å². The van der Waals surface area contributed by atoms with Crippen LogP contribution in [-0.2, 0) is 17.8 Å². The molecular formula is C26H29N5O3. The van der Waals surface area contributed by atoms with E-state index in [2.05, 4.69) is 10.6 Å². The SMILES string of the molecule is CN(CCc1ccc(C(C=O)Nc2cccc(C(N)=O)c2)cc1)C(=O)Nc1cccc(CN)c1. The van der Waals surface area contributed by atoms with E-state index in [9.17, 15) is 14.4 Å². The largest absolute Gasteiger partial charge is 0.372 e. The minimum atomic E-state index is -0.574. The first-order valence-corrected chi connectivity index (χ1v) is 10.9. The molecule has 0 saturated heterocycles. The highest BCUT2D eigenvalue weighted by atomic mass is 16.2. The molecule has 8 heteroatoms. The van der Waals surface area contributed by atoms with Crippen LogP contribution < -0.4 is 22.1 Å². The number of nitrogens with two attached hydrogens (primary N) is 2. The number of urea groups is 1. The lowest BCUT2D eigenvalue weighted by molar-refractivity contribution is -0.108. The van der Waals surface area contributed by atoms with Crippen LogP contribution >= 0.6 is 0 Å². The Kier molecular flexibility index (Phi) is 8.37. The zero-order valence-corrected chi connectivity index (χ0v) is 19.0. The molecule has 3 amide bonds. The molecule has 3 aromatic carbocycles. The summed E-state index contributed by atoms with van der Waals surface area (Å²) >= 11 is 0. The number of hydrogen-bond donors (Lipinski definition) is 4. The summed E-state index contributed by atoms with van der Waals surface area (Å²) in [6.45, 7) is 0.937. The Morgan fingerprint density at radius 1 is 0.971 bits per heavy atom. The summed E-state index contributed by atoms with van der Waals surface area (Å²) in [5, 5.41) is 5.99. The second kappa shape index (κ2) is 11.6. The highest BCUT2D eigenvalue weighted by molar-refractivity contribution is 5.93. The van der Waals surface area contributed by atoms with Gasteiger partial charge in [0.15, 0.2) is 0 Å². The van der Waals surface area contributed by atoms with Gasteiger partial charge in [-0.2, -0.15) is 0 Å². The van der Waals surface area contributed by atoms with Gasteiger partial charge in [-0.3, -0.25) is 4.79 Å². The van der Waals surface area contributed by atoms with Gasteiger partial charge in [-0.15, -0.1) is 0 Å². The number of nitrogens with one attached hydrogen (secondary N) is 2. The molecule has 0 heterocycles. The number of hydrogen-bond acceptors (Lipinski definition) is 5. The predicted molar refractivity (Wildman–Crippen MR) is 134 cm³/mol. The van der Waals surface area contributed by atoms with Crippen molar-refractivity contribution >= 4 is 29.6 Å². The number of carbonyl (C=O) groups is 3. The van der Waals surface area contributed by atoms with Gasteiger partial charge < -0.3 is 31.8 Å². The van der Waals surface area contributed by atoms with Crippen molar-refractivity contribution < 1.29 is 14.4 Å². The molecule has 6 N–H and O–H groups in total. The van der Waals surface area contributed by atoms with Crippen LogP contribution in [0, 0.1) is 0 Å². The van der Waals surface area contributed by atoms with Crippen LogP contribution in [0.3, 0.4) is 0 Å². The normalized spacial score (nSPS) is 11.4. The Hall–Kier alpha value is -4.17. The van der Waals surface area contributed by atoms with Gasteiger partial charge in [0.2, 0.25) is 5.91 Å². The summed E-state index contributed by atoms with van der Waals surface area (Å²) in [5.74, 6) is -0.529. The van der Waals surface area contributed by atoms with Crippen LogP contribution in [0.2, 0.25) is 0 Å². The Bertz CT molecular complexity index is 1150. The van der Waals surface area contributed by atoms with Gasteiger partial charge in [-0.25, -0.2) is 4.79 Å². The molecule has 0 spiro atoms. The number of likely N-dealkylation sites (N-methyl/N-ethyl adjacent to an activating group) is 1. The van der Waals surface area contributed by atoms with E-state index in [-0.39, 0.29) is 6.03 Å². The van der Waals surface area contributed by atoms with E-state index >= 15 is 0 Å². The van der Waals surface area contributed by atoms with Gasteiger partial charge >= 0.3 is 6.03 Å². The van der Waals surface area contributed by atoms with Gasteiger partial charge in [-0.1, -0.05) is 42.5 Å². The van der Waals surface area contributed by atoms with Crippen molar-refractivity contribution in [2.75, 3.05) is 24.2 Å². The van der Waals surface area contributed by atoms with Crippen LogP contribution in [-0.4, -0.2) is 36.7 Å². The molecule has 3 aromatic rings. The first-order chi connectivity index (χ1) is 16.4. The number of rotatable bonds is 10. The van der Waals surface area contributed by atoms with Crippen molar-refractivity contribution in [3.8, 4) is 0 Å². The third-order valence-electron chi connectivity index (χ3n) is 5.44. The molecule has 0 saturated carbocycles. The van der Waals surface area contributed by atoms with Crippen LogP contribution in [0.25, 0.3) is 0 Å². The Labute approximate surface area is 198 Å². The maximum absolute atomic E-state index is 12.5. The lowest BCUT2D eigenvalue weighted by Gasteiger charge is -2.19. The van der Waals surface area contributed by atoms with E-state index in [1.807, 2.05) is 48.5 Å². The van der Waals surface area contributed by atoms with Crippen molar-refractivity contribution in [2.45, 2.75) is 19.0 Å². The molecule has 3 rings (SSSR count). The molecule has 0 aliphatic rings. The van der Waals surface area contributed by atoms with Crippen LogP contribution in [0.4, 0.5) is 16.2 Å². The minimum absolute atomic E-state index is 0.200. The van der Waals surface area contributed by atoms with E-state index in [0.29, 0.717) is 36.4 Å². The molecule has 176 valence electrons. The maximum Gasteiger partial charge on any atom is 0.321 e. The molecular weight excluding hydrogens is 430 g/mol. The quantitative estimate of drug-likeness (QED) is 0.346. The molecule has 1 unspecified atom stereocenters. The summed E-state index contributed by atoms with van der Waals surface area (Å²) in [4.78, 5) is 37.1. The predicted octanol–water partition coefficient (Wildman–Crippen LogP) is 3.30. The summed E-state index contributed by atoms with van der Waals surface area (Å²) in [6.07, 6.45) is 1.47. The Morgan fingerprint density at radius 3 is 2.35 bits per heavy atom. The monoisotopic (exact) mass is 459 g/mol. The molecule has 0 aliphatic heterocycles. The van der Waals surface area contributed by atoms with Crippen LogP contribution in [0.5, 0.6) is 0 Å². The molecule has 0 aromatic heterocycles. The molecule has 1 atom stereocenters. The second-order valence-electron chi connectivity index (χ2n) is 7.95. The fraction of sp³-hybridized carbons (Fsp3) is 0.192. The highest BCUT2D eigenvalue weighted by Gasteiger charge is 2.13. The van der Waals surface area contributed by atoms with E-state index in [4.69, 9.17) is 11.5 Å². The summed E-state index contributed by atoms with van der Waals surface area (Å²) in [6, 6.07) is 21.0. The van der Waals surface area contributed by atoms with E-state index in [0.717, 1.165) is 23.0 Å². The number of aldehydes is 1. The second-order valence-corrected chi connectivity index (χ2v) is 7.95.